The predicted molar refractivity (Wildman–Crippen MR) is 359 cm³/mol. The molecule has 2 aromatic heterocycles. The second kappa shape index (κ2) is 19.8. The van der Waals surface area contributed by atoms with E-state index in [4.69, 9.17) is 0 Å². The van der Waals surface area contributed by atoms with Crippen molar-refractivity contribution in [1.29, 1.82) is 0 Å². The van der Waals surface area contributed by atoms with Crippen LogP contribution in [-0.2, 0) is 25.7 Å². The van der Waals surface area contributed by atoms with Crippen LogP contribution in [0.3, 0.4) is 0 Å². The maximum absolute atomic E-state index is 2.72. The van der Waals surface area contributed by atoms with Gasteiger partial charge in [-0.2, -0.15) is 0 Å². The number of nitrogens with zero attached hydrogens (tertiary/aromatic N) is 4. The minimum atomic E-state index is 0.249. The van der Waals surface area contributed by atoms with Crippen LogP contribution in [-0.4, -0.2) is 9.13 Å². The molecule has 0 spiro atoms. The van der Waals surface area contributed by atoms with E-state index in [2.05, 4.69) is 267 Å². The van der Waals surface area contributed by atoms with Crippen LogP contribution in [0, 0.1) is 13.8 Å². The Morgan fingerprint density at radius 1 is 0.310 bits per heavy atom. The van der Waals surface area contributed by atoms with Gasteiger partial charge in [0.25, 0.3) is 0 Å². The van der Waals surface area contributed by atoms with Crippen molar-refractivity contribution < 1.29 is 0 Å². The van der Waals surface area contributed by atoms with Crippen molar-refractivity contribution in [2.75, 3.05) is 9.80 Å². The van der Waals surface area contributed by atoms with Gasteiger partial charge in [-0.05, 0) is 228 Å². The van der Waals surface area contributed by atoms with Gasteiger partial charge in [0.1, 0.15) is 0 Å². The Hall–Kier alpha value is -9.12. The molecule has 0 fully saturated rings. The highest BCUT2D eigenvalue weighted by molar-refractivity contribution is 6.30. The van der Waals surface area contributed by atoms with Gasteiger partial charge >= 0.3 is 0 Å². The van der Waals surface area contributed by atoms with Crippen molar-refractivity contribution in [2.45, 2.75) is 105 Å². The summed E-state index contributed by atoms with van der Waals surface area (Å²) < 4.78 is 4.99. The van der Waals surface area contributed by atoms with E-state index < -0.39 is 0 Å². The first kappa shape index (κ1) is 50.6. The first-order valence-electron chi connectivity index (χ1n) is 31.0. The fourth-order valence-corrected chi connectivity index (χ4v) is 15.5. The predicted octanol–water partition coefficient (Wildman–Crippen LogP) is 22.3. The third kappa shape index (κ3) is 7.72. The molecule has 16 rings (SSSR count). The number of rotatable bonds is 10. The molecule has 0 saturated heterocycles. The average Bonchev–Trinajstić information content (AvgIpc) is 2.07. The molecule has 12 aromatic carbocycles. The van der Waals surface area contributed by atoms with E-state index >= 15 is 0 Å². The van der Waals surface area contributed by atoms with Crippen molar-refractivity contribution in [2.24, 2.45) is 0 Å². The third-order valence-electron chi connectivity index (χ3n) is 19.2. The zero-order valence-corrected chi connectivity index (χ0v) is 49.2. The molecule has 4 nitrogen and oxygen atoms in total. The van der Waals surface area contributed by atoms with Gasteiger partial charge in [-0.1, -0.05) is 149 Å². The number of benzene rings is 12. The summed E-state index contributed by atoms with van der Waals surface area (Å²) in [6.07, 6.45) is 9.14. The van der Waals surface area contributed by atoms with Gasteiger partial charge in [-0.3, -0.25) is 0 Å². The van der Waals surface area contributed by atoms with Crippen LogP contribution in [0.2, 0.25) is 0 Å². The maximum atomic E-state index is 2.72. The van der Waals surface area contributed by atoms with Gasteiger partial charge in [0, 0.05) is 55.1 Å². The molecule has 0 atom stereocenters. The monoisotopic (exact) mass is 1090 g/mol. The molecule has 0 bridgehead atoms. The van der Waals surface area contributed by atoms with E-state index in [1.54, 1.807) is 0 Å². The summed E-state index contributed by atoms with van der Waals surface area (Å²) in [5.74, 6) is 0.497. The summed E-state index contributed by atoms with van der Waals surface area (Å²) in [7, 11) is 0. The van der Waals surface area contributed by atoms with Crippen LogP contribution in [0.15, 0.2) is 206 Å². The van der Waals surface area contributed by atoms with E-state index in [9.17, 15) is 0 Å². The molecule has 0 unspecified atom stereocenters. The minimum Gasteiger partial charge on any atom is -0.309 e. The maximum Gasteiger partial charge on any atom is 0.0562 e. The molecule has 0 aliphatic heterocycles. The smallest absolute Gasteiger partial charge is 0.0562 e. The number of para-hydroxylation sites is 2. The van der Waals surface area contributed by atoms with E-state index in [1.807, 2.05) is 0 Å². The number of aromatic nitrogens is 2. The van der Waals surface area contributed by atoms with E-state index in [1.165, 1.54) is 192 Å². The highest BCUT2D eigenvalue weighted by Gasteiger charge is 2.32. The lowest BCUT2D eigenvalue weighted by molar-refractivity contribution is 0.686. The summed E-state index contributed by atoms with van der Waals surface area (Å²) in [5, 5.41) is 13.0. The Kier molecular flexibility index (Phi) is 11.9. The van der Waals surface area contributed by atoms with Gasteiger partial charge in [-0.15, -0.1) is 0 Å². The van der Waals surface area contributed by atoms with E-state index in [0.717, 1.165) is 25.7 Å². The Morgan fingerprint density at radius 3 is 1.13 bits per heavy atom. The van der Waals surface area contributed by atoms with Gasteiger partial charge < -0.3 is 18.9 Å². The molecular weight excluding hydrogens is 1020 g/mol. The summed E-state index contributed by atoms with van der Waals surface area (Å²) in [6, 6.07) is 79.8. The summed E-state index contributed by atoms with van der Waals surface area (Å²) in [6.45, 7) is 14.0. The quantitative estimate of drug-likeness (QED) is 0.127. The largest absolute Gasteiger partial charge is 0.309 e. The number of anilines is 6. The fraction of sp³-hybridized carbons (Fsp3) is 0.200. The van der Waals surface area contributed by atoms with Crippen LogP contribution >= 0.6 is 0 Å². The second-order valence-electron chi connectivity index (χ2n) is 25.0. The Bertz CT molecular complexity index is 4650. The summed E-state index contributed by atoms with van der Waals surface area (Å²) in [4.78, 5) is 5.43. The van der Waals surface area contributed by atoms with Crippen molar-refractivity contribution in [1.82, 2.24) is 9.13 Å². The molecule has 0 amide bonds. The molecule has 2 heterocycles. The molecule has 0 radical (unpaired) electrons. The van der Waals surface area contributed by atoms with Crippen LogP contribution in [0.25, 0.3) is 87.3 Å². The Balaban J connectivity index is 1.03. The fourth-order valence-electron chi connectivity index (χ4n) is 15.5. The van der Waals surface area contributed by atoms with Crippen LogP contribution in [0.5, 0.6) is 0 Å². The van der Waals surface area contributed by atoms with Crippen molar-refractivity contribution >= 4 is 110 Å². The van der Waals surface area contributed by atoms with E-state index in [0.29, 0.717) is 0 Å². The number of hydrogen-bond donors (Lipinski definition) is 0. The Labute approximate surface area is 493 Å². The van der Waals surface area contributed by atoms with Crippen molar-refractivity contribution in [3.05, 3.63) is 251 Å². The molecular formula is C80H70N4. The van der Waals surface area contributed by atoms with Crippen LogP contribution in [0.1, 0.15) is 110 Å². The lowest BCUT2D eigenvalue weighted by Gasteiger charge is -2.34. The van der Waals surface area contributed by atoms with Crippen LogP contribution in [0.4, 0.5) is 34.1 Å². The normalized spacial score (nSPS) is 13.7. The molecule has 0 saturated carbocycles. The third-order valence-corrected chi connectivity index (χ3v) is 19.2. The highest BCUT2D eigenvalue weighted by Crippen LogP contribution is 2.55. The number of fused-ring (bicyclic) bond motifs is 8. The molecule has 2 aliphatic rings. The standard InChI is InChI=1S/C80H70N4/c1-49(2)65-47-75(83(67-35-17-25-53-23-7-9-29-57(53)67)73-39-19-37-71-79(73)61-31-11-13-33-69(61)81(71)55-27-15-21-51(5)45-55)63-44-42-60-66(50(3)4)48-76(64-43-41-59(65)77(63)78(60)64)84(68-36-18-26-54-24-8-10-30-58(54)68)74-40-20-38-72-80(74)62-32-12-14-34-70(62)82(72)56-28-16-22-52(6)46-56/h11-22,25-28,31-50H,7-10,23-24,29-30H2,1-6H3. The minimum absolute atomic E-state index is 0.249. The Morgan fingerprint density at radius 2 is 0.690 bits per heavy atom. The van der Waals surface area contributed by atoms with Crippen molar-refractivity contribution in [3.8, 4) is 11.4 Å². The second-order valence-corrected chi connectivity index (χ2v) is 25.0. The first-order valence-corrected chi connectivity index (χ1v) is 31.0. The SMILES string of the molecule is Cc1cccc(-n2c3ccccc3c3c(N(c4cccc5c4CCCC5)c4cc(C(C)C)c5ccc6c(N(c7cccc8c7CCCC8)c7cccc8c7c7ccccc7n8-c7cccc(C)c7)cc(C(C)C)c7ccc4c5c76)cccc32)c1. The van der Waals surface area contributed by atoms with E-state index in [-0.39, 0.29) is 11.8 Å². The van der Waals surface area contributed by atoms with Gasteiger partial charge in [0.15, 0.2) is 0 Å². The summed E-state index contributed by atoms with van der Waals surface area (Å²) >= 11 is 0. The zero-order chi connectivity index (χ0) is 56.5. The molecule has 4 heteroatoms. The van der Waals surface area contributed by atoms with Crippen LogP contribution < -0.4 is 9.80 Å². The molecule has 2 aliphatic carbocycles. The lowest BCUT2D eigenvalue weighted by atomic mass is 9.83. The zero-order valence-electron chi connectivity index (χ0n) is 49.2. The number of aryl methyl sites for hydroxylation is 4. The van der Waals surface area contributed by atoms with Crippen molar-refractivity contribution in [3.63, 3.8) is 0 Å². The van der Waals surface area contributed by atoms with Gasteiger partial charge in [0.05, 0.1) is 44.8 Å². The van der Waals surface area contributed by atoms with Gasteiger partial charge in [0.2, 0.25) is 0 Å². The molecule has 0 N–H and O–H groups in total. The molecule has 410 valence electrons. The summed E-state index contributed by atoms with van der Waals surface area (Å²) in [5.41, 5.74) is 25.8. The topological polar surface area (TPSA) is 16.3 Å². The lowest BCUT2D eigenvalue weighted by Crippen LogP contribution is -2.17. The first-order chi connectivity index (χ1) is 41.2. The number of hydrogen-bond acceptors (Lipinski definition) is 2. The average molecular weight is 1090 g/mol. The molecule has 84 heavy (non-hydrogen) atoms. The van der Waals surface area contributed by atoms with Gasteiger partial charge in [-0.25, -0.2) is 0 Å². The highest BCUT2D eigenvalue weighted by atomic mass is 15.2. The molecule has 14 aromatic rings.